The van der Waals surface area contributed by atoms with Crippen LogP contribution in [0.2, 0.25) is 0 Å². The largest absolute Gasteiger partial charge is 0.497 e. The number of rotatable bonds is 5. The Labute approximate surface area is 143 Å². The minimum atomic E-state index is -1.03. The van der Waals surface area contributed by atoms with Crippen LogP contribution >= 0.6 is 0 Å². The number of carboxylic acid groups (broad SMARTS) is 1. The first kappa shape index (κ1) is 16.5. The second-order valence-corrected chi connectivity index (χ2v) is 5.55. The molecule has 2 N–H and O–H groups in total. The van der Waals surface area contributed by atoms with Gasteiger partial charge in [-0.1, -0.05) is 6.07 Å². The average Bonchev–Trinajstić information content (AvgIpc) is 2.89. The van der Waals surface area contributed by atoms with Crippen molar-refractivity contribution in [3.05, 3.63) is 54.1 Å². The van der Waals surface area contributed by atoms with Gasteiger partial charge in [0.15, 0.2) is 0 Å². The SMILES string of the molecule is COc1cccc(N2C(=O)C[C@H](Nc3ccc(C(=O)O)cc3)C2=O)c1. The molecular formula is C18H16N2O5. The maximum absolute atomic E-state index is 12.6. The normalized spacial score (nSPS) is 16.8. The van der Waals surface area contributed by atoms with Crippen molar-refractivity contribution in [2.45, 2.75) is 12.5 Å². The van der Waals surface area contributed by atoms with Gasteiger partial charge in [-0.25, -0.2) is 9.69 Å². The zero-order valence-electron chi connectivity index (χ0n) is 13.4. The van der Waals surface area contributed by atoms with Crippen LogP contribution in [-0.4, -0.2) is 36.0 Å². The fraction of sp³-hybridized carbons (Fsp3) is 0.167. The van der Waals surface area contributed by atoms with Gasteiger partial charge >= 0.3 is 5.97 Å². The molecule has 2 aromatic carbocycles. The molecule has 0 spiro atoms. The summed E-state index contributed by atoms with van der Waals surface area (Å²) in [5, 5.41) is 11.9. The van der Waals surface area contributed by atoms with Crippen LogP contribution in [0.3, 0.4) is 0 Å². The molecule has 1 fully saturated rings. The molecule has 0 bridgehead atoms. The van der Waals surface area contributed by atoms with Crippen LogP contribution in [0.5, 0.6) is 5.75 Å². The van der Waals surface area contributed by atoms with E-state index < -0.39 is 12.0 Å². The molecule has 7 nitrogen and oxygen atoms in total. The molecule has 1 aliphatic rings. The lowest BCUT2D eigenvalue weighted by Gasteiger charge is -2.16. The van der Waals surface area contributed by atoms with Gasteiger partial charge in [-0.2, -0.15) is 0 Å². The summed E-state index contributed by atoms with van der Waals surface area (Å²) < 4.78 is 5.13. The summed E-state index contributed by atoms with van der Waals surface area (Å²) in [6.45, 7) is 0. The highest BCUT2D eigenvalue weighted by Gasteiger charge is 2.39. The van der Waals surface area contributed by atoms with Gasteiger partial charge in [0.1, 0.15) is 11.8 Å². The Balaban J connectivity index is 1.77. The van der Waals surface area contributed by atoms with E-state index in [0.717, 1.165) is 4.90 Å². The number of anilines is 2. The number of aromatic carboxylic acids is 1. The number of hydrogen-bond donors (Lipinski definition) is 2. The summed E-state index contributed by atoms with van der Waals surface area (Å²) in [4.78, 5) is 36.9. The standard InChI is InChI=1S/C18H16N2O5/c1-25-14-4-2-3-13(9-14)20-16(21)10-15(17(20)22)19-12-7-5-11(6-8-12)18(23)24/h2-9,15,19H,10H2,1H3,(H,23,24)/t15-/m0/s1. The van der Waals surface area contributed by atoms with Crippen molar-refractivity contribution < 1.29 is 24.2 Å². The topological polar surface area (TPSA) is 95.9 Å². The Kier molecular flexibility index (Phi) is 4.38. The van der Waals surface area contributed by atoms with E-state index in [4.69, 9.17) is 9.84 Å². The molecule has 0 saturated carbocycles. The van der Waals surface area contributed by atoms with E-state index in [1.54, 1.807) is 36.4 Å². The van der Waals surface area contributed by atoms with E-state index in [-0.39, 0.29) is 23.8 Å². The highest BCUT2D eigenvalue weighted by atomic mass is 16.5. The zero-order chi connectivity index (χ0) is 18.0. The van der Waals surface area contributed by atoms with Crippen molar-refractivity contribution in [1.29, 1.82) is 0 Å². The molecule has 1 atom stereocenters. The number of benzene rings is 2. The van der Waals surface area contributed by atoms with Crippen LogP contribution in [-0.2, 0) is 9.59 Å². The molecule has 1 aliphatic heterocycles. The minimum Gasteiger partial charge on any atom is -0.497 e. The second kappa shape index (κ2) is 6.64. The van der Waals surface area contributed by atoms with Gasteiger partial charge in [0.25, 0.3) is 5.91 Å². The third-order valence-corrected chi connectivity index (χ3v) is 3.93. The molecule has 0 aliphatic carbocycles. The molecule has 1 heterocycles. The maximum Gasteiger partial charge on any atom is 0.335 e. The fourth-order valence-corrected chi connectivity index (χ4v) is 2.68. The molecule has 3 rings (SSSR count). The van der Waals surface area contributed by atoms with Crippen molar-refractivity contribution in [3.63, 3.8) is 0 Å². The first-order chi connectivity index (χ1) is 12.0. The zero-order valence-corrected chi connectivity index (χ0v) is 13.4. The van der Waals surface area contributed by atoms with Gasteiger partial charge in [0.05, 0.1) is 24.8 Å². The molecule has 128 valence electrons. The number of carbonyl (C=O) groups is 3. The predicted octanol–water partition coefficient (Wildman–Crippen LogP) is 2.14. The molecule has 25 heavy (non-hydrogen) atoms. The Bertz CT molecular complexity index is 832. The fourth-order valence-electron chi connectivity index (χ4n) is 2.68. The summed E-state index contributed by atoms with van der Waals surface area (Å²) in [6.07, 6.45) is 0.0245. The summed E-state index contributed by atoms with van der Waals surface area (Å²) in [7, 11) is 1.51. The number of carbonyl (C=O) groups excluding carboxylic acids is 2. The van der Waals surface area contributed by atoms with Gasteiger partial charge in [0.2, 0.25) is 5.91 Å². The van der Waals surface area contributed by atoms with E-state index in [9.17, 15) is 14.4 Å². The highest BCUT2D eigenvalue weighted by molar-refractivity contribution is 6.23. The molecule has 2 amide bonds. The predicted molar refractivity (Wildman–Crippen MR) is 90.9 cm³/mol. The van der Waals surface area contributed by atoms with Gasteiger partial charge in [-0.3, -0.25) is 9.59 Å². The van der Waals surface area contributed by atoms with Crippen molar-refractivity contribution in [3.8, 4) is 5.75 Å². The number of methoxy groups -OCH3 is 1. The van der Waals surface area contributed by atoms with Gasteiger partial charge in [0, 0.05) is 11.8 Å². The van der Waals surface area contributed by atoms with E-state index >= 15 is 0 Å². The molecule has 7 heteroatoms. The van der Waals surface area contributed by atoms with E-state index in [1.165, 1.54) is 19.2 Å². The number of ether oxygens (including phenoxy) is 1. The molecular weight excluding hydrogens is 324 g/mol. The Morgan fingerprint density at radius 2 is 1.92 bits per heavy atom. The summed E-state index contributed by atoms with van der Waals surface area (Å²) >= 11 is 0. The van der Waals surface area contributed by atoms with Gasteiger partial charge in [-0.15, -0.1) is 0 Å². The maximum atomic E-state index is 12.6. The van der Waals surface area contributed by atoms with E-state index in [1.807, 2.05) is 0 Å². The van der Waals surface area contributed by atoms with Crippen LogP contribution in [0.25, 0.3) is 0 Å². The Morgan fingerprint density at radius 1 is 1.20 bits per heavy atom. The first-order valence-corrected chi connectivity index (χ1v) is 7.60. The quantitative estimate of drug-likeness (QED) is 0.810. The molecule has 0 aromatic heterocycles. The Morgan fingerprint density at radius 3 is 2.56 bits per heavy atom. The lowest BCUT2D eigenvalue weighted by atomic mass is 10.2. The summed E-state index contributed by atoms with van der Waals surface area (Å²) in [6, 6.07) is 12.0. The average molecular weight is 340 g/mol. The van der Waals surface area contributed by atoms with Crippen molar-refractivity contribution in [2.75, 3.05) is 17.3 Å². The van der Waals surface area contributed by atoms with Crippen LogP contribution < -0.4 is 15.0 Å². The van der Waals surface area contributed by atoms with Crippen molar-refractivity contribution in [1.82, 2.24) is 0 Å². The van der Waals surface area contributed by atoms with Crippen LogP contribution in [0.15, 0.2) is 48.5 Å². The summed E-state index contributed by atoms with van der Waals surface area (Å²) in [5.74, 6) is -1.14. The van der Waals surface area contributed by atoms with Gasteiger partial charge < -0.3 is 15.2 Å². The Hall–Kier alpha value is -3.35. The third kappa shape index (κ3) is 3.30. The number of hydrogen-bond acceptors (Lipinski definition) is 5. The number of nitrogens with zero attached hydrogens (tertiary/aromatic N) is 1. The van der Waals surface area contributed by atoms with Crippen molar-refractivity contribution in [2.24, 2.45) is 0 Å². The van der Waals surface area contributed by atoms with Gasteiger partial charge in [-0.05, 0) is 36.4 Å². The number of imide groups is 1. The number of nitrogens with one attached hydrogen (secondary N) is 1. The number of carboxylic acids is 1. The highest BCUT2D eigenvalue weighted by Crippen LogP contribution is 2.27. The minimum absolute atomic E-state index is 0.0245. The van der Waals surface area contributed by atoms with E-state index in [2.05, 4.69) is 5.32 Å². The van der Waals surface area contributed by atoms with Crippen LogP contribution in [0.1, 0.15) is 16.8 Å². The number of amides is 2. The molecule has 1 saturated heterocycles. The van der Waals surface area contributed by atoms with E-state index in [0.29, 0.717) is 17.1 Å². The van der Waals surface area contributed by atoms with Crippen LogP contribution in [0, 0.1) is 0 Å². The molecule has 2 aromatic rings. The van der Waals surface area contributed by atoms with Crippen LogP contribution in [0.4, 0.5) is 11.4 Å². The smallest absolute Gasteiger partial charge is 0.335 e. The lowest BCUT2D eigenvalue weighted by Crippen LogP contribution is -2.34. The first-order valence-electron chi connectivity index (χ1n) is 7.60. The monoisotopic (exact) mass is 340 g/mol. The lowest BCUT2D eigenvalue weighted by molar-refractivity contribution is -0.121. The summed E-state index contributed by atoms with van der Waals surface area (Å²) in [5.41, 5.74) is 1.18. The molecule has 0 radical (unpaired) electrons. The third-order valence-electron chi connectivity index (χ3n) is 3.93. The molecule has 0 unspecified atom stereocenters. The second-order valence-electron chi connectivity index (χ2n) is 5.55. The van der Waals surface area contributed by atoms with Crippen molar-refractivity contribution >= 4 is 29.2 Å².